The molecule has 0 aliphatic rings. The molecule has 0 atom stereocenters. The van der Waals surface area contributed by atoms with Crippen LogP contribution in [-0.4, -0.2) is 35.7 Å². The number of fused-ring (bicyclic) bond motifs is 1. The molecule has 9 heteroatoms. The van der Waals surface area contributed by atoms with Crippen LogP contribution in [0.1, 0.15) is 42.4 Å². The second-order valence-electron chi connectivity index (χ2n) is 7.88. The molecule has 0 radical (unpaired) electrons. The highest BCUT2D eigenvalue weighted by Gasteiger charge is 2.26. The second-order valence-corrected chi connectivity index (χ2v) is 9.32. The summed E-state index contributed by atoms with van der Waals surface area (Å²) in [6.07, 6.45) is 1.71. The van der Waals surface area contributed by atoms with Crippen molar-refractivity contribution >= 4 is 44.2 Å². The van der Waals surface area contributed by atoms with E-state index in [1.165, 1.54) is 11.3 Å². The van der Waals surface area contributed by atoms with Crippen LogP contribution in [0, 0.1) is 6.92 Å². The molecule has 0 saturated carbocycles. The molecule has 2 aromatic heterocycles. The summed E-state index contributed by atoms with van der Waals surface area (Å²) in [4.78, 5) is 24.9. The quantitative estimate of drug-likeness (QED) is 0.229. The third-order valence-electron chi connectivity index (χ3n) is 5.32. The van der Waals surface area contributed by atoms with Crippen LogP contribution in [0.4, 0.5) is 5.13 Å². The molecule has 0 aliphatic heterocycles. The van der Waals surface area contributed by atoms with Gasteiger partial charge in [-0.25, -0.2) is 4.98 Å². The minimum Gasteiger partial charge on any atom is -0.490 e. The van der Waals surface area contributed by atoms with E-state index >= 15 is 0 Å². The van der Waals surface area contributed by atoms with E-state index in [4.69, 9.17) is 30.8 Å². The fourth-order valence-corrected chi connectivity index (χ4v) is 5.22. The number of thiazole rings is 1. The number of halogens is 1. The van der Waals surface area contributed by atoms with Gasteiger partial charge in [-0.2, -0.15) is 0 Å². The zero-order chi connectivity index (χ0) is 25.7. The lowest BCUT2D eigenvalue weighted by Crippen LogP contribution is -2.30. The summed E-state index contributed by atoms with van der Waals surface area (Å²) in [5.41, 5.74) is 2.90. The molecule has 2 aromatic carbocycles. The summed E-state index contributed by atoms with van der Waals surface area (Å²) in [6.45, 7) is 9.12. The average Bonchev–Trinajstić information content (AvgIpc) is 3.29. The van der Waals surface area contributed by atoms with Gasteiger partial charge in [-0.3, -0.25) is 14.7 Å². The highest BCUT2D eigenvalue weighted by molar-refractivity contribution is 7.22. The molecule has 0 bridgehead atoms. The number of pyridine rings is 1. The maximum absolute atomic E-state index is 14.0. The van der Waals surface area contributed by atoms with E-state index < -0.39 is 0 Å². The lowest BCUT2D eigenvalue weighted by molar-refractivity contribution is 0.0983. The number of anilines is 1. The van der Waals surface area contributed by atoms with Crippen molar-refractivity contribution in [3.8, 4) is 17.2 Å². The Labute approximate surface area is 219 Å². The van der Waals surface area contributed by atoms with Crippen LogP contribution >= 0.6 is 22.9 Å². The average molecular weight is 526 g/mol. The van der Waals surface area contributed by atoms with Crippen molar-refractivity contribution < 1.29 is 19.0 Å². The van der Waals surface area contributed by atoms with Crippen LogP contribution < -0.4 is 19.1 Å². The Morgan fingerprint density at radius 3 is 2.31 bits per heavy atom. The number of ether oxygens (including phenoxy) is 3. The number of rotatable bonds is 10. The number of hydrogen-bond acceptors (Lipinski definition) is 7. The number of carbonyl (C=O) groups excluding carboxylic acids is 1. The third-order valence-corrected chi connectivity index (χ3v) is 6.56. The molecule has 0 fully saturated rings. The van der Waals surface area contributed by atoms with Gasteiger partial charge in [-0.1, -0.05) is 29.0 Å². The Balaban J connectivity index is 1.83. The highest BCUT2D eigenvalue weighted by Crippen LogP contribution is 2.40. The predicted molar refractivity (Wildman–Crippen MR) is 144 cm³/mol. The topological polar surface area (TPSA) is 73.8 Å². The largest absolute Gasteiger partial charge is 0.490 e. The van der Waals surface area contributed by atoms with E-state index in [1.54, 1.807) is 23.2 Å². The van der Waals surface area contributed by atoms with Crippen molar-refractivity contribution in [2.75, 3.05) is 24.7 Å². The van der Waals surface area contributed by atoms with E-state index in [0.717, 1.165) is 21.5 Å². The summed E-state index contributed by atoms with van der Waals surface area (Å²) in [5, 5.41) is 1.18. The van der Waals surface area contributed by atoms with Crippen LogP contribution in [0.15, 0.2) is 48.7 Å². The molecule has 1 amide bonds. The van der Waals surface area contributed by atoms with Crippen molar-refractivity contribution in [3.05, 3.63) is 70.5 Å². The third kappa shape index (κ3) is 5.55. The fraction of sp³-hybridized carbons (Fsp3) is 0.296. The monoisotopic (exact) mass is 525 g/mol. The molecular formula is C27H28ClN3O4S. The van der Waals surface area contributed by atoms with Gasteiger partial charge in [0.2, 0.25) is 5.75 Å². The van der Waals surface area contributed by atoms with Gasteiger partial charge in [-0.15, -0.1) is 0 Å². The van der Waals surface area contributed by atoms with Crippen molar-refractivity contribution in [3.63, 3.8) is 0 Å². The zero-order valence-corrected chi connectivity index (χ0v) is 22.3. The Hall–Kier alpha value is -3.36. The first-order chi connectivity index (χ1) is 17.4. The van der Waals surface area contributed by atoms with Gasteiger partial charge < -0.3 is 14.2 Å². The Kier molecular flexibility index (Phi) is 8.28. The van der Waals surface area contributed by atoms with Crippen molar-refractivity contribution in [1.82, 2.24) is 9.97 Å². The highest BCUT2D eigenvalue weighted by atomic mass is 35.5. The van der Waals surface area contributed by atoms with E-state index in [-0.39, 0.29) is 12.5 Å². The maximum Gasteiger partial charge on any atom is 0.260 e. The molecular weight excluding hydrogens is 498 g/mol. The van der Waals surface area contributed by atoms with Gasteiger partial charge in [0.05, 0.1) is 42.3 Å². The van der Waals surface area contributed by atoms with Crippen molar-refractivity contribution in [2.45, 2.75) is 34.2 Å². The molecule has 2 heterocycles. The number of nitrogens with zero attached hydrogens (tertiary/aromatic N) is 3. The van der Waals surface area contributed by atoms with Crippen LogP contribution in [0.2, 0.25) is 5.02 Å². The number of carbonyl (C=O) groups is 1. The standard InChI is InChI=1S/C27H28ClN3O4S/c1-5-33-21-13-18(14-22(34-6-2)25(21)35-7-3)26(32)31(16-20-10-8-9-11-29-20)27-30-24-17(4)12-19(28)15-23(24)36-27/h8-15H,5-7,16H2,1-4H3. The first-order valence-electron chi connectivity index (χ1n) is 11.8. The summed E-state index contributed by atoms with van der Waals surface area (Å²) >= 11 is 7.70. The van der Waals surface area contributed by atoms with Gasteiger partial charge in [0, 0.05) is 16.8 Å². The van der Waals surface area contributed by atoms with Crippen molar-refractivity contribution in [1.29, 1.82) is 0 Å². The lowest BCUT2D eigenvalue weighted by atomic mass is 10.1. The minimum absolute atomic E-state index is 0.243. The van der Waals surface area contributed by atoms with Crippen LogP contribution in [0.25, 0.3) is 10.2 Å². The van der Waals surface area contributed by atoms with Gasteiger partial charge in [0.25, 0.3) is 5.91 Å². The van der Waals surface area contributed by atoms with Gasteiger partial charge in [0.15, 0.2) is 16.6 Å². The molecule has 4 rings (SSSR count). The van der Waals surface area contributed by atoms with Crippen LogP contribution in [-0.2, 0) is 6.54 Å². The first kappa shape index (κ1) is 25.7. The summed E-state index contributed by atoms with van der Waals surface area (Å²) in [6, 6.07) is 12.7. The van der Waals surface area contributed by atoms with Gasteiger partial charge >= 0.3 is 0 Å². The molecule has 0 aliphatic carbocycles. The van der Waals surface area contributed by atoms with E-state index in [1.807, 2.05) is 58.0 Å². The summed E-state index contributed by atoms with van der Waals surface area (Å²) < 4.78 is 18.4. The number of benzene rings is 2. The predicted octanol–water partition coefficient (Wildman–Crippen LogP) is 6.70. The SMILES string of the molecule is CCOc1cc(C(=O)N(Cc2ccccn2)c2nc3c(C)cc(Cl)cc3s2)cc(OCC)c1OCC. The number of aryl methyl sites for hydroxylation is 1. The zero-order valence-electron chi connectivity index (χ0n) is 20.7. The molecule has 36 heavy (non-hydrogen) atoms. The number of amides is 1. The van der Waals surface area contributed by atoms with Crippen LogP contribution in [0.3, 0.4) is 0 Å². The van der Waals surface area contributed by atoms with Crippen molar-refractivity contribution in [2.24, 2.45) is 0 Å². The maximum atomic E-state index is 14.0. The van der Waals surface area contributed by atoms with E-state index in [9.17, 15) is 4.79 Å². The lowest BCUT2D eigenvalue weighted by Gasteiger charge is -2.22. The smallest absolute Gasteiger partial charge is 0.260 e. The second kappa shape index (κ2) is 11.6. The Morgan fingerprint density at radius 1 is 1.00 bits per heavy atom. The molecule has 0 unspecified atom stereocenters. The fourth-order valence-electron chi connectivity index (χ4n) is 3.81. The molecule has 7 nitrogen and oxygen atoms in total. The number of hydrogen-bond donors (Lipinski definition) is 0. The number of aromatic nitrogens is 2. The molecule has 0 saturated heterocycles. The van der Waals surface area contributed by atoms with Crippen LogP contribution in [0.5, 0.6) is 17.2 Å². The van der Waals surface area contributed by atoms with E-state index in [2.05, 4.69) is 4.98 Å². The molecule has 0 N–H and O–H groups in total. The summed E-state index contributed by atoms with van der Waals surface area (Å²) in [5.74, 6) is 1.14. The first-order valence-corrected chi connectivity index (χ1v) is 13.0. The Bertz CT molecular complexity index is 1330. The normalized spacial score (nSPS) is 10.9. The molecule has 4 aromatic rings. The minimum atomic E-state index is -0.256. The van der Waals surface area contributed by atoms with E-state index in [0.29, 0.717) is 52.8 Å². The molecule has 0 spiro atoms. The van der Waals surface area contributed by atoms with Gasteiger partial charge in [-0.05, 0) is 69.7 Å². The van der Waals surface area contributed by atoms with Gasteiger partial charge in [0.1, 0.15) is 0 Å². The Morgan fingerprint density at radius 2 is 1.69 bits per heavy atom. The molecule has 188 valence electrons. The summed E-state index contributed by atoms with van der Waals surface area (Å²) in [7, 11) is 0.